The first kappa shape index (κ1) is 12.6. The zero-order chi connectivity index (χ0) is 11.4. The van der Waals surface area contributed by atoms with Crippen molar-refractivity contribution in [3.05, 3.63) is 22.4 Å². The number of nitrogens with zero attached hydrogens (tertiary/aromatic N) is 1. The summed E-state index contributed by atoms with van der Waals surface area (Å²) >= 11 is 11.9. The van der Waals surface area contributed by atoms with Gasteiger partial charge in [-0.15, -0.1) is 0 Å². The third kappa shape index (κ3) is 3.86. The fourth-order valence-electron chi connectivity index (χ4n) is 1.41. The van der Waals surface area contributed by atoms with Crippen LogP contribution < -0.4 is 11.1 Å². The first-order valence-electron chi connectivity index (χ1n) is 4.81. The van der Waals surface area contributed by atoms with E-state index in [0.29, 0.717) is 10.0 Å². The van der Waals surface area contributed by atoms with Crippen molar-refractivity contribution in [2.45, 2.75) is 32.4 Å². The Balaban J connectivity index is 2.71. The van der Waals surface area contributed by atoms with Crippen LogP contribution in [0.5, 0.6) is 0 Å². The van der Waals surface area contributed by atoms with Crippen molar-refractivity contribution >= 4 is 28.9 Å². The zero-order valence-electron chi connectivity index (χ0n) is 8.80. The van der Waals surface area contributed by atoms with Gasteiger partial charge in [0.1, 0.15) is 0 Å². The van der Waals surface area contributed by atoms with Crippen LogP contribution in [0.2, 0.25) is 10.0 Å². The van der Waals surface area contributed by atoms with Crippen molar-refractivity contribution in [3.8, 4) is 0 Å². The second kappa shape index (κ2) is 5.54. The quantitative estimate of drug-likeness (QED) is 0.861. The van der Waals surface area contributed by atoms with Crippen LogP contribution in [0.4, 0.5) is 5.69 Å². The van der Waals surface area contributed by atoms with Crippen LogP contribution >= 0.6 is 23.2 Å². The molecule has 2 atom stereocenters. The first-order valence-corrected chi connectivity index (χ1v) is 5.57. The van der Waals surface area contributed by atoms with Gasteiger partial charge in [-0.3, -0.25) is 4.98 Å². The smallest absolute Gasteiger partial charge is 0.0836 e. The SMILES string of the molecule is CC(N)CC(C)Nc1c(Cl)cncc1Cl. The average Bonchev–Trinajstić information content (AvgIpc) is 2.10. The largest absolute Gasteiger partial charge is 0.380 e. The maximum Gasteiger partial charge on any atom is 0.0836 e. The Bertz CT molecular complexity index is 308. The summed E-state index contributed by atoms with van der Waals surface area (Å²) in [5.41, 5.74) is 6.43. The maximum absolute atomic E-state index is 5.97. The molecule has 0 aliphatic carbocycles. The fourth-order valence-corrected chi connectivity index (χ4v) is 1.89. The van der Waals surface area contributed by atoms with Gasteiger partial charge in [0.2, 0.25) is 0 Å². The summed E-state index contributed by atoms with van der Waals surface area (Å²) < 4.78 is 0. The van der Waals surface area contributed by atoms with Gasteiger partial charge in [-0.1, -0.05) is 23.2 Å². The predicted molar refractivity (Wildman–Crippen MR) is 65.6 cm³/mol. The van der Waals surface area contributed by atoms with Crippen molar-refractivity contribution in [1.82, 2.24) is 4.98 Å². The van der Waals surface area contributed by atoms with Gasteiger partial charge < -0.3 is 11.1 Å². The third-order valence-corrected chi connectivity index (χ3v) is 2.54. The Labute approximate surface area is 100.0 Å². The maximum atomic E-state index is 5.97. The van der Waals surface area contributed by atoms with Crippen molar-refractivity contribution in [3.63, 3.8) is 0 Å². The lowest BCUT2D eigenvalue weighted by molar-refractivity contribution is 0.605. The number of halogens is 2. The van der Waals surface area contributed by atoms with Gasteiger partial charge >= 0.3 is 0 Å². The molecule has 15 heavy (non-hydrogen) atoms. The molecule has 1 rings (SSSR count). The van der Waals surface area contributed by atoms with Crippen LogP contribution in [-0.4, -0.2) is 17.1 Å². The topological polar surface area (TPSA) is 50.9 Å². The second-order valence-corrected chi connectivity index (χ2v) is 4.55. The summed E-state index contributed by atoms with van der Waals surface area (Å²) in [7, 11) is 0. The number of anilines is 1. The molecule has 3 N–H and O–H groups in total. The standard InChI is InChI=1S/C10H15Cl2N3/c1-6(13)3-7(2)15-10-8(11)4-14-5-9(10)12/h4-7H,3,13H2,1-2H3,(H,14,15). The molecule has 0 aromatic carbocycles. The lowest BCUT2D eigenvalue weighted by Crippen LogP contribution is -2.26. The molecular weight excluding hydrogens is 233 g/mol. The Morgan fingerprint density at radius 1 is 1.33 bits per heavy atom. The fraction of sp³-hybridized carbons (Fsp3) is 0.500. The highest BCUT2D eigenvalue weighted by Gasteiger charge is 2.10. The first-order chi connectivity index (χ1) is 7.00. The molecule has 1 aromatic heterocycles. The lowest BCUT2D eigenvalue weighted by Gasteiger charge is -2.18. The predicted octanol–water partition coefficient (Wildman–Crippen LogP) is 2.93. The summed E-state index contributed by atoms with van der Waals surface area (Å²) in [6.45, 7) is 4.00. The van der Waals surface area contributed by atoms with Gasteiger partial charge in [0.25, 0.3) is 0 Å². The van der Waals surface area contributed by atoms with Gasteiger partial charge in [-0.05, 0) is 20.3 Å². The van der Waals surface area contributed by atoms with Crippen molar-refractivity contribution in [1.29, 1.82) is 0 Å². The monoisotopic (exact) mass is 247 g/mol. The molecule has 5 heteroatoms. The minimum atomic E-state index is 0.145. The summed E-state index contributed by atoms with van der Waals surface area (Å²) in [6.07, 6.45) is 3.98. The minimum absolute atomic E-state index is 0.145. The highest BCUT2D eigenvalue weighted by atomic mass is 35.5. The molecule has 0 radical (unpaired) electrons. The minimum Gasteiger partial charge on any atom is -0.380 e. The summed E-state index contributed by atoms with van der Waals surface area (Å²) in [5, 5.41) is 4.28. The number of nitrogens with one attached hydrogen (secondary N) is 1. The van der Waals surface area contributed by atoms with E-state index in [-0.39, 0.29) is 12.1 Å². The summed E-state index contributed by atoms with van der Waals surface area (Å²) in [5.74, 6) is 0. The molecule has 1 aromatic rings. The molecule has 0 bridgehead atoms. The van der Waals surface area contributed by atoms with E-state index >= 15 is 0 Å². The van der Waals surface area contributed by atoms with E-state index in [2.05, 4.69) is 10.3 Å². The Morgan fingerprint density at radius 3 is 2.33 bits per heavy atom. The van der Waals surface area contributed by atoms with E-state index in [1.165, 1.54) is 0 Å². The van der Waals surface area contributed by atoms with Crippen LogP contribution in [0, 0.1) is 0 Å². The third-order valence-electron chi connectivity index (χ3n) is 1.97. The highest BCUT2D eigenvalue weighted by Crippen LogP contribution is 2.29. The van der Waals surface area contributed by atoms with E-state index < -0.39 is 0 Å². The summed E-state index contributed by atoms with van der Waals surface area (Å²) in [6, 6.07) is 0.370. The molecule has 0 spiro atoms. The molecule has 0 aliphatic rings. The van der Waals surface area contributed by atoms with E-state index in [0.717, 1.165) is 12.1 Å². The summed E-state index contributed by atoms with van der Waals surface area (Å²) in [4.78, 5) is 3.88. The van der Waals surface area contributed by atoms with Crippen LogP contribution in [0.15, 0.2) is 12.4 Å². The molecule has 0 aliphatic heterocycles. The van der Waals surface area contributed by atoms with Crippen LogP contribution in [0.1, 0.15) is 20.3 Å². The van der Waals surface area contributed by atoms with E-state index in [1.54, 1.807) is 12.4 Å². The van der Waals surface area contributed by atoms with Gasteiger partial charge in [-0.25, -0.2) is 0 Å². The Hall–Kier alpha value is -0.510. The molecule has 0 amide bonds. The normalized spacial score (nSPS) is 14.7. The molecule has 2 unspecified atom stereocenters. The van der Waals surface area contributed by atoms with Gasteiger partial charge in [0.15, 0.2) is 0 Å². The van der Waals surface area contributed by atoms with Crippen LogP contribution in [0.25, 0.3) is 0 Å². The molecule has 0 saturated carbocycles. The Kier molecular flexibility index (Phi) is 4.64. The number of rotatable bonds is 4. The molecule has 1 heterocycles. The lowest BCUT2D eigenvalue weighted by atomic mass is 10.1. The second-order valence-electron chi connectivity index (χ2n) is 3.74. The average molecular weight is 248 g/mol. The van der Waals surface area contributed by atoms with Gasteiger partial charge in [-0.2, -0.15) is 0 Å². The van der Waals surface area contributed by atoms with Crippen molar-refractivity contribution in [2.75, 3.05) is 5.32 Å². The van der Waals surface area contributed by atoms with E-state index in [9.17, 15) is 0 Å². The number of pyridine rings is 1. The Morgan fingerprint density at radius 2 is 1.87 bits per heavy atom. The van der Waals surface area contributed by atoms with Gasteiger partial charge in [0.05, 0.1) is 15.7 Å². The van der Waals surface area contributed by atoms with Crippen molar-refractivity contribution < 1.29 is 0 Å². The number of hydrogen-bond donors (Lipinski definition) is 2. The van der Waals surface area contributed by atoms with Gasteiger partial charge in [0, 0.05) is 24.5 Å². The number of nitrogens with two attached hydrogens (primary N) is 1. The molecular formula is C10H15Cl2N3. The molecule has 0 saturated heterocycles. The van der Waals surface area contributed by atoms with Crippen LogP contribution in [-0.2, 0) is 0 Å². The highest BCUT2D eigenvalue weighted by molar-refractivity contribution is 6.38. The molecule has 0 fully saturated rings. The number of hydrogen-bond acceptors (Lipinski definition) is 3. The zero-order valence-corrected chi connectivity index (χ0v) is 10.3. The number of aromatic nitrogens is 1. The molecule has 84 valence electrons. The van der Waals surface area contributed by atoms with Crippen molar-refractivity contribution in [2.24, 2.45) is 5.73 Å². The van der Waals surface area contributed by atoms with E-state index in [4.69, 9.17) is 28.9 Å². The van der Waals surface area contributed by atoms with Crippen LogP contribution in [0.3, 0.4) is 0 Å². The molecule has 3 nitrogen and oxygen atoms in total. The van der Waals surface area contributed by atoms with E-state index in [1.807, 2.05) is 13.8 Å².